The third-order valence-corrected chi connectivity index (χ3v) is 6.39. The molecule has 32 heavy (non-hydrogen) atoms. The number of allylic oxidation sites excluding steroid dienone is 1. The van der Waals surface area contributed by atoms with Crippen LogP contribution < -0.4 is 15.1 Å². The lowest BCUT2D eigenvalue weighted by Gasteiger charge is -2.36. The fourth-order valence-electron chi connectivity index (χ4n) is 3.94. The fourth-order valence-corrected chi connectivity index (χ4v) is 4.75. The number of piperazine rings is 1. The predicted octanol–water partition coefficient (Wildman–Crippen LogP) is 3.17. The number of anilines is 1. The van der Waals surface area contributed by atoms with E-state index in [4.69, 9.17) is 9.57 Å². The van der Waals surface area contributed by atoms with Crippen LogP contribution in [0.3, 0.4) is 0 Å². The molecule has 3 heterocycles. The highest BCUT2D eigenvalue weighted by molar-refractivity contribution is 7.17. The third-order valence-electron chi connectivity index (χ3n) is 5.50. The third kappa shape index (κ3) is 5.12. The van der Waals surface area contributed by atoms with Crippen LogP contribution in [-0.4, -0.2) is 67.0 Å². The Morgan fingerprint density at radius 3 is 2.91 bits per heavy atom. The Labute approximate surface area is 192 Å². The topological polar surface area (TPSA) is 71.9 Å². The van der Waals surface area contributed by atoms with Crippen molar-refractivity contribution >= 4 is 33.1 Å². The van der Waals surface area contributed by atoms with Gasteiger partial charge in [-0.3, -0.25) is 4.90 Å². The van der Waals surface area contributed by atoms with Crippen LogP contribution in [0.15, 0.2) is 48.4 Å². The van der Waals surface area contributed by atoms with Crippen molar-refractivity contribution < 1.29 is 14.4 Å². The van der Waals surface area contributed by atoms with Gasteiger partial charge in [-0.15, -0.1) is 17.9 Å². The molecule has 1 N–H and O–H groups in total. The van der Waals surface area contributed by atoms with Crippen LogP contribution in [0.2, 0.25) is 0 Å². The van der Waals surface area contributed by atoms with E-state index < -0.39 is 5.97 Å². The van der Waals surface area contributed by atoms with Gasteiger partial charge in [0.2, 0.25) is 5.88 Å². The molecule has 1 saturated heterocycles. The molecule has 9 heteroatoms. The van der Waals surface area contributed by atoms with E-state index in [1.165, 1.54) is 22.8 Å². The van der Waals surface area contributed by atoms with Crippen LogP contribution in [0.25, 0.3) is 10.1 Å². The van der Waals surface area contributed by atoms with Crippen LogP contribution in [-0.2, 0) is 11.4 Å². The van der Waals surface area contributed by atoms with E-state index in [0.29, 0.717) is 19.0 Å². The summed E-state index contributed by atoms with van der Waals surface area (Å²) in [5, 5.41) is 7.75. The van der Waals surface area contributed by atoms with Gasteiger partial charge in [0.25, 0.3) is 0 Å². The van der Waals surface area contributed by atoms with Crippen LogP contribution in [0.1, 0.15) is 16.9 Å². The van der Waals surface area contributed by atoms with Crippen molar-refractivity contribution in [3.63, 3.8) is 0 Å². The number of carbonyl (C=O) groups is 1. The Morgan fingerprint density at radius 1 is 1.28 bits per heavy atom. The Balaban J connectivity index is 1.24. The molecule has 1 fully saturated rings. The summed E-state index contributed by atoms with van der Waals surface area (Å²) in [6.07, 6.45) is 2.61. The van der Waals surface area contributed by atoms with Crippen molar-refractivity contribution in [2.45, 2.75) is 13.0 Å². The van der Waals surface area contributed by atoms with E-state index in [1.54, 1.807) is 28.2 Å². The van der Waals surface area contributed by atoms with Gasteiger partial charge in [0.05, 0.1) is 13.2 Å². The molecule has 8 nitrogen and oxygen atoms in total. The molecule has 0 radical (unpaired) electrons. The molecule has 1 aliphatic heterocycles. The molecule has 0 atom stereocenters. The van der Waals surface area contributed by atoms with Gasteiger partial charge in [0, 0.05) is 61.6 Å². The summed E-state index contributed by atoms with van der Waals surface area (Å²) < 4.78 is 8.87. The number of ether oxygens (including phenoxy) is 1. The molecule has 0 bridgehead atoms. The number of fused-ring (bicyclic) bond motifs is 1. The minimum atomic E-state index is -0.545. The first-order chi connectivity index (χ1) is 15.7. The van der Waals surface area contributed by atoms with Crippen molar-refractivity contribution in [2.24, 2.45) is 0 Å². The van der Waals surface area contributed by atoms with Crippen molar-refractivity contribution in [1.29, 1.82) is 0 Å². The van der Waals surface area contributed by atoms with Gasteiger partial charge in [-0.05, 0) is 30.0 Å². The van der Waals surface area contributed by atoms with Crippen molar-refractivity contribution in [1.82, 2.24) is 20.2 Å². The normalized spacial score (nSPS) is 14.6. The summed E-state index contributed by atoms with van der Waals surface area (Å²) in [4.78, 5) is 21.6. The predicted molar refractivity (Wildman–Crippen MR) is 127 cm³/mol. The Morgan fingerprint density at radius 2 is 2.12 bits per heavy atom. The highest BCUT2D eigenvalue weighted by atomic mass is 32.1. The summed E-state index contributed by atoms with van der Waals surface area (Å²) >= 11 is 1.80. The fraction of sp³-hybridized carbons (Fsp3) is 0.391. The average Bonchev–Trinajstić information content (AvgIpc) is 3.45. The number of nitrogens with one attached hydrogen (secondary N) is 1. The second-order valence-corrected chi connectivity index (χ2v) is 8.52. The first-order valence-corrected chi connectivity index (χ1v) is 11.7. The minimum Gasteiger partial charge on any atom is -0.478 e. The van der Waals surface area contributed by atoms with E-state index in [2.05, 4.69) is 56.6 Å². The van der Waals surface area contributed by atoms with Crippen molar-refractivity contribution in [2.75, 3.05) is 51.3 Å². The van der Waals surface area contributed by atoms with Gasteiger partial charge in [-0.1, -0.05) is 12.1 Å². The lowest BCUT2D eigenvalue weighted by atomic mass is 10.2. The second-order valence-electron chi connectivity index (χ2n) is 7.57. The number of hydroxylamine groups is 1. The zero-order valence-corrected chi connectivity index (χ0v) is 19.1. The number of hydrogen-bond donors (Lipinski definition) is 1. The van der Waals surface area contributed by atoms with E-state index in [1.807, 2.05) is 0 Å². The summed E-state index contributed by atoms with van der Waals surface area (Å²) in [5.41, 5.74) is 3.91. The van der Waals surface area contributed by atoms with E-state index in [0.717, 1.165) is 39.1 Å². The quantitative estimate of drug-likeness (QED) is 0.286. The first-order valence-electron chi connectivity index (χ1n) is 10.8. The molecule has 1 aliphatic rings. The number of rotatable bonds is 10. The molecule has 2 aromatic heterocycles. The molecule has 3 aromatic rings. The van der Waals surface area contributed by atoms with Crippen LogP contribution in [0, 0.1) is 0 Å². The minimum absolute atomic E-state index is 0.202. The van der Waals surface area contributed by atoms with Crippen molar-refractivity contribution in [3.05, 3.63) is 54.1 Å². The lowest BCUT2D eigenvalue weighted by Crippen LogP contribution is -2.46. The maximum atomic E-state index is 11.9. The van der Waals surface area contributed by atoms with Crippen molar-refractivity contribution in [3.8, 4) is 5.88 Å². The molecule has 0 amide bonds. The van der Waals surface area contributed by atoms with Gasteiger partial charge < -0.3 is 14.5 Å². The van der Waals surface area contributed by atoms with Crippen LogP contribution in [0.4, 0.5) is 5.69 Å². The summed E-state index contributed by atoms with van der Waals surface area (Å²) in [5.74, 6) is -0.00203. The highest BCUT2D eigenvalue weighted by Crippen LogP contribution is 2.31. The number of thiophene rings is 1. The number of carbonyl (C=O) groups excluding carboxylic acids is 1. The summed E-state index contributed by atoms with van der Waals surface area (Å²) in [6.45, 7) is 9.84. The lowest BCUT2D eigenvalue weighted by molar-refractivity contribution is 0.0302. The largest absolute Gasteiger partial charge is 0.478 e. The first kappa shape index (κ1) is 22.3. The number of hydrogen-bond acceptors (Lipinski definition) is 8. The zero-order chi connectivity index (χ0) is 22.3. The molecule has 0 spiro atoms. The smallest absolute Gasteiger partial charge is 0.377 e. The van der Waals surface area contributed by atoms with E-state index in [-0.39, 0.29) is 5.69 Å². The molecular weight excluding hydrogens is 426 g/mol. The van der Waals surface area contributed by atoms with E-state index >= 15 is 0 Å². The Hall–Kier alpha value is -2.88. The maximum Gasteiger partial charge on any atom is 0.377 e. The maximum absolute atomic E-state index is 11.9. The standard InChI is InChI=1S/C23H29N5O3S/c1-3-9-28-22(17-19(25-28)23(29)31-24-2)30-15-5-10-26-11-13-27(14-12-26)20-6-4-7-21-18(20)8-16-32-21/h3-4,6-8,16-17,24H,1,5,9-15H2,2H3. The van der Waals surface area contributed by atoms with Gasteiger partial charge in [0.15, 0.2) is 5.69 Å². The van der Waals surface area contributed by atoms with Gasteiger partial charge in [-0.25, -0.2) is 9.48 Å². The molecule has 0 saturated carbocycles. The van der Waals surface area contributed by atoms with Gasteiger partial charge in [0.1, 0.15) is 0 Å². The highest BCUT2D eigenvalue weighted by Gasteiger charge is 2.19. The van der Waals surface area contributed by atoms with Crippen LogP contribution >= 0.6 is 11.3 Å². The SMILES string of the molecule is C=CCn1nc(C(=O)ONC)cc1OCCCN1CCN(c2cccc3sccc23)CC1. The molecule has 1 aromatic carbocycles. The molecule has 0 aliphatic carbocycles. The molecule has 4 rings (SSSR count). The molecule has 170 valence electrons. The number of benzene rings is 1. The summed E-state index contributed by atoms with van der Waals surface area (Å²) in [7, 11) is 1.53. The van der Waals surface area contributed by atoms with Gasteiger partial charge >= 0.3 is 5.97 Å². The van der Waals surface area contributed by atoms with Crippen LogP contribution in [0.5, 0.6) is 5.88 Å². The summed E-state index contributed by atoms with van der Waals surface area (Å²) in [6, 6.07) is 10.4. The molecular formula is C23H29N5O3S. The van der Waals surface area contributed by atoms with E-state index in [9.17, 15) is 4.79 Å². The van der Waals surface area contributed by atoms with Gasteiger partial charge in [-0.2, -0.15) is 10.6 Å². The monoisotopic (exact) mass is 455 g/mol. The Bertz CT molecular complexity index is 1060. The second kappa shape index (κ2) is 10.6. The number of nitrogens with zero attached hydrogens (tertiary/aromatic N) is 4. The Kier molecular flexibility index (Phi) is 7.41. The average molecular weight is 456 g/mol. The zero-order valence-electron chi connectivity index (χ0n) is 18.3. The number of aromatic nitrogens is 2. The molecule has 0 unspecified atom stereocenters.